The molecule has 20 nitrogen and oxygen atoms in total. The Morgan fingerprint density at radius 3 is 2.17 bits per heavy atom. The Morgan fingerprint density at radius 2 is 1.62 bits per heavy atom. The van der Waals surface area contributed by atoms with Crippen LogP contribution >= 0.6 is 23.2 Å². The number of carbonyl (C=O) groups is 4. The van der Waals surface area contributed by atoms with Crippen LogP contribution in [0, 0.1) is 10.1 Å². The van der Waals surface area contributed by atoms with Gasteiger partial charge in [0.2, 0.25) is 5.95 Å². The first-order valence-corrected chi connectivity index (χ1v) is 16.1. The maximum atomic E-state index is 12.4. The van der Waals surface area contributed by atoms with Gasteiger partial charge in [-0.15, -0.1) is 0 Å². The number of anilines is 3. The lowest BCUT2D eigenvalue weighted by Gasteiger charge is -2.22. The number of halogens is 2. The van der Waals surface area contributed by atoms with Crippen LogP contribution in [0.1, 0.15) is 40.6 Å². The van der Waals surface area contributed by atoms with Crippen LogP contribution in [-0.2, 0) is 20.9 Å². The van der Waals surface area contributed by atoms with E-state index in [1.165, 1.54) is 36.4 Å². The molecule has 0 aliphatic rings. The highest BCUT2D eigenvalue weighted by atomic mass is 35.5. The second-order valence-electron chi connectivity index (χ2n) is 11.1. The van der Waals surface area contributed by atoms with Crippen molar-refractivity contribution >= 4 is 81.3 Å². The van der Waals surface area contributed by atoms with Crippen molar-refractivity contribution in [2.45, 2.75) is 42.4 Å². The molecule has 2 amide bonds. The summed E-state index contributed by atoms with van der Waals surface area (Å²) in [6.45, 7) is -0.182. The number of nitrogens with one attached hydrogen (secondary N) is 2. The van der Waals surface area contributed by atoms with Crippen molar-refractivity contribution < 1.29 is 44.5 Å². The first kappa shape index (κ1) is 41.5. The smallest absolute Gasteiger partial charge is 0.326 e. The van der Waals surface area contributed by atoms with Gasteiger partial charge < -0.3 is 47.4 Å². The number of carboxylic acid groups (broad SMARTS) is 2. The predicted molar refractivity (Wildman–Crippen MR) is 191 cm³/mol. The first-order chi connectivity index (χ1) is 25.0. The van der Waals surface area contributed by atoms with Crippen molar-refractivity contribution in [3.8, 4) is 0 Å². The van der Waals surface area contributed by atoms with Crippen LogP contribution in [0.15, 0.2) is 54.7 Å². The van der Waals surface area contributed by atoms with Crippen molar-refractivity contribution in [3.63, 3.8) is 0 Å². The number of nitro groups is 1. The number of nitro benzene ring substituents is 1. The summed E-state index contributed by atoms with van der Waals surface area (Å²) < 4.78 is 0. The number of nitrogens with zero attached hydrogens (tertiary/aromatic N) is 6. The van der Waals surface area contributed by atoms with E-state index in [4.69, 9.17) is 44.9 Å². The highest BCUT2D eigenvalue weighted by Gasteiger charge is 2.25. The second-order valence-corrected chi connectivity index (χ2v) is 12.2. The van der Waals surface area contributed by atoms with Crippen molar-refractivity contribution in [2.24, 2.45) is 0 Å². The van der Waals surface area contributed by atoms with E-state index in [0.29, 0.717) is 29.0 Å². The number of nitrogen functional groups attached to an aromatic ring is 2. The number of amides is 2. The van der Waals surface area contributed by atoms with Crippen molar-refractivity contribution in [1.82, 2.24) is 30.6 Å². The fourth-order valence-corrected chi connectivity index (χ4v) is 4.65. The lowest BCUT2D eigenvalue weighted by atomic mass is 10.0. The number of hydrogen-bond acceptors (Lipinski definition) is 15. The third-order valence-corrected chi connectivity index (χ3v) is 7.67. The fourth-order valence-electron chi connectivity index (χ4n) is 4.52. The largest absolute Gasteiger partial charge is 0.481 e. The van der Waals surface area contributed by atoms with E-state index < -0.39 is 58.3 Å². The van der Waals surface area contributed by atoms with E-state index in [9.17, 15) is 39.5 Å². The fraction of sp³-hybridized carbons (Fsp3) is 0.290. The third-order valence-electron chi connectivity index (χ3n) is 7.27. The van der Waals surface area contributed by atoms with E-state index in [1.807, 2.05) is 11.9 Å². The van der Waals surface area contributed by atoms with Gasteiger partial charge in [0, 0.05) is 36.9 Å². The molecule has 0 radical (unpaired) electrons. The summed E-state index contributed by atoms with van der Waals surface area (Å²) in [6.07, 6.45) is -0.289. The highest BCUT2D eigenvalue weighted by Crippen LogP contribution is 2.21. The van der Waals surface area contributed by atoms with Gasteiger partial charge >= 0.3 is 11.9 Å². The minimum absolute atomic E-state index is 0.0138. The molecule has 22 heteroatoms. The molecule has 0 saturated carbocycles. The Bertz CT molecular complexity index is 1940. The van der Waals surface area contributed by atoms with Gasteiger partial charge in [-0.25, -0.2) is 14.8 Å². The zero-order valence-electron chi connectivity index (χ0n) is 27.7. The molecule has 53 heavy (non-hydrogen) atoms. The van der Waals surface area contributed by atoms with Crippen molar-refractivity contribution in [3.05, 3.63) is 81.7 Å². The standard InChI is InChI=1S/C20H22N8O5.C11H12Cl2N2O5/c1-28(9-11-8-23-17-15(24-11)16(21)26-20(22)27-17)12-4-2-10(3-5-12)18(31)25-13(19(32)33)6-7-14(29)30;12-10(13)11(18)14-8(5-16)9(17)6-1-3-7(4-2-6)15(19)20/h2-5,8,13H,6-7,9H2,1H3,(H,25,31)(H,29,30)(H,32,33)(H4,21,22,23,26,27);1-4,8-10,16-17H,5H2,(H,14,18). The molecule has 4 rings (SSSR count). The molecule has 0 aliphatic heterocycles. The molecule has 2 heterocycles. The minimum atomic E-state index is -1.33. The Hall–Kier alpha value is -5.96. The SMILES string of the molecule is CN(Cc1cnc2nc(N)nc(N)c2n1)c1ccc(C(=O)NC(CCC(=O)O)C(=O)O)cc1.O=C(NC(CO)C(O)c1ccc([N+](=O)[O-])cc1)C(Cl)Cl. The zero-order chi connectivity index (χ0) is 39.4. The topological polar surface area (TPSA) is 323 Å². The van der Waals surface area contributed by atoms with Gasteiger partial charge in [-0.1, -0.05) is 23.2 Å². The number of aliphatic hydroxyl groups is 2. The number of aromatic nitrogens is 4. The van der Waals surface area contributed by atoms with E-state index >= 15 is 0 Å². The molecule has 2 aromatic carbocycles. The van der Waals surface area contributed by atoms with Gasteiger partial charge in [0.1, 0.15) is 12.1 Å². The van der Waals surface area contributed by atoms with E-state index in [2.05, 4.69) is 30.6 Å². The van der Waals surface area contributed by atoms with Gasteiger partial charge in [-0.3, -0.25) is 24.5 Å². The number of non-ortho nitro benzene ring substituents is 1. The number of benzene rings is 2. The van der Waals surface area contributed by atoms with Crippen LogP contribution in [0.5, 0.6) is 0 Å². The average Bonchev–Trinajstić information content (AvgIpc) is 3.12. The Labute approximate surface area is 309 Å². The second kappa shape index (κ2) is 19.0. The number of carboxylic acids is 2. The van der Waals surface area contributed by atoms with Crippen LogP contribution in [0.2, 0.25) is 0 Å². The molecule has 0 spiro atoms. The van der Waals surface area contributed by atoms with Crippen LogP contribution < -0.4 is 27.0 Å². The summed E-state index contributed by atoms with van der Waals surface area (Å²) in [6, 6.07) is 9.21. The molecule has 10 N–H and O–H groups in total. The van der Waals surface area contributed by atoms with Gasteiger partial charge in [0.15, 0.2) is 21.8 Å². The molecule has 0 saturated heterocycles. The molecule has 0 bridgehead atoms. The maximum absolute atomic E-state index is 12.4. The van der Waals surface area contributed by atoms with E-state index in [1.54, 1.807) is 18.3 Å². The lowest BCUT2D eigenvalue weighted by molar-refractivity contribution is -0.384. The normalized spacial score (nSPS) is 12.5. The first-order valence-electron chi connectivity index (χ1n) is 15.2. The number of aliphatic hydroxyl groups excluding tert-OH is 2. The van der Waals surface area contributed by atoms with Gasteiger partial charge in [0.05, 0.1) is 36.0 Å². The Kier molecular flexibility index (Phi) is 14.9. The lowest BCUT2D eigenvalue weighted by Crippen LogP contribution is -2.44. The number of nitrogens with two attached hydrogens (primary N) is 2. The molecule has 4 aromatic rings. The summed E-state index contributed by atoms with van der Waals surface area (Å²) in [4.78, 5) is 72.6. The van der Waals surface area contributed by atoms with Gasteiger partial charge in [-0.05, 0) is 48.4 Å². The molecule has 0 fully saturated rings. The predicted octanol–water partition coefficient (Wildman–Crippen LogP) is 1.18. The molecule has 0 aliphatic carbocycles. The molecular weight excluding hydrogens is 743 g/mol. The van der Waals surface area contributed by atoms with E-state index in [-0.39, 0.29) is 35.9 Å². The van der Waals surface area contributed by atoms with Crippen LogP contribution in [0.3, 0.4) is 0 Å². The summed E-state index contributed by atoms with van der Waals surface area (Å²) in [7, 11) is 1.82. The molecule has 2 aromatic heterocycles. The van der Waals surface area contributed by atoms with Crippen molar-refractivity contribution in [1.29, 1.82) is 0 Å². The molecule has 282 valence electrons. The monoisotopic (exact) mass is 776 g/mol. The number of aliphatic carboxylic acids is 2. The highest BCUT2D eigenvalue weighted by molar-refractivity contribution is 6.53. The third kappa shape index (κ3) is 12.1. The Morgan fingerprint density at radius 1 is 0.981 bits per heavy atom. The van der Waals surface area contributed by atoms with E-state index in [0.717, 1.165) is 5.69 Å². The number of alkyl halides is 2. The van der Waals surface area contributed by atoms with Gasteiger partial charge in [0.25, 0.3) is 17.5 Å². The molecular formula is C31H34Cl2N10O10. The Balaban J connectivity index is 0.000000324. The van der Waals surface area contributed by atoms with Crippen LogP contribution in [0.4, 0.5) is 23.1 Å². The van der Waals surface area contributed by atoms with Gasteiger partial charge in [-0.2, -0.15) is 9.97 Å². The quantitative estimate of drug-likeness (QED) is 0.0477. The molecule has 3 atom stereocenters. The summed E-state index contributed by atoms with van der Waals surface area (Å²) >= 11 is 10.7. The zero-order valence-corrected chi connectivity index (χ0v) is 29.2. The van der Waals surface area contributed by atoms with Crippen molar-refractivity contribution in [2.75, 3.05) is 30.0 Å². The number of fused-ring (bicyclic) bond motifs is 1. The molecule has 3 unspecified atom stereocenters. The average molecular weight is 778 g/mol. The summed E-state index contributed by atoms with van der Waals surface area (Å²) in [5.41, 5.74) is 13.8. The number of hydrogen-bond donors (Lipinski definition) is 8. The minimum Gasteiger partial charge on any atom is -0.481 e. The maximum Gasteiger partial charge on any atom is 0.326 e. The summed E-state index contributed by atoms with van der Waals surface area (Å²) in [5, 5.41) is 52.2. The number of carbonyl (C=O) groups excluding carboxylic acids is 2. The number of rotatable bonds is 15. The van der Waals surface area contributed by atoms with Crippen LogP contribution in [0.25, 0.3) is 11.2 Å². The van der Waals surface area contributed by atoms with Crippen LogP contribution in [-0.4, -0.2) is 99.6 Å². The summed E-state index contributed by atoms with van der Waals surface area (Å²) in [5.74, 6) is -3.66.